The number of carbonyl (C=O) groups excluding carboxylic acids is 1. The van der Waals surface area contributed by atoms with Gasteiger partial charge in [-0.15, -0.1) is 0 Å². The molecule has 0 saturated heterocycles. The predicted molar refractivity (Wildman–Crippen MR) is 105 cm³/mol. The molecule has 0 radical (unpaired) electrons. The minimum absolute atomic E-state index is 0.148. The van der Waals surface area contributed by atoms with Crippen molar-refractivity contribution >= 4 is 16.9 Å². The van der Waals surface area contributed by atoms with Crippen LogP contribution in [0.5, 0.6) is 5.75 Å². The van der Waals surface area contributed by atoms with E-state index in [0.717, 1.165) is 42.5 Å². The normalized spacial score (nSPS) is 30.9. The lowest BCUT2D eigenvalue weighted by Gasteiger charge is -2.55. The van der Waals surface area contributed by atoms with E-state index < -0.39 is 11.7 Å². The van der Waals surface area contributed by atoms with Gasteiger partial charge in [0.25, 0.3) is 0 Å². The molecule has 4 heterocycles. The van der Waals surface area contributed by atoms with Crippen LogP contribution >= 0.6 is 0 Å². The number of methoxy groups -OCH3 is 2. The Bertz CT molecular complexity index is 1010. The molecule has 0 bridgehead atoms. The van der Waals surface area contributed by atoms with Crippen LogP contribution in [0.3, 0.4) is 0 Å². The quantitative estimate of drug-likeness (QED) is 0.653. The number of aliphatic hydroxyl groups is 1. The number of ether oxygens (including phenoxy) is 2. The monoisotopic (exact) mass is 382 g/mol. The maximum Gasteiger partial charge on any atom is 0.359 e. The van der Waals surface area contributed by atoms with Crippen molar-refractivity contribution in [3.63, 3.8) is 0 Å². The first kappa shape index (κ1) is 17.8. The number of hydrogen-bond acceptors (Lipinski definition) is 5. The number of nitrogens with zero attached hydrogens (tertiary/aromatic N) is 2. The van der Waals surface area contributed by atoms with Gasteiger partial charge in [0, 0.05) is 42.1 Å². The van der Waals surface area contributed by atoms with Crippen LogP contribution in [0.2, 0.25) is 0 Å². The van der Waals surface area contributed by atoms with Crippen LogP contribution in [0.15, 0.2) is 30.4 Å². The molecular formula is C22H26N2O4. The van der Waals surface area contributed by atoms with Gasteiger partial charge in [0.15, 0.2) is 0 Å². The van der Waals surface area contributed by atoms with Gasteiger partial charge in [-0.25, -0.2) is 4.79 Å². The van der Waals surface area contributed by atoms with Crippen molar-refractivity contribution in [3.05, 3.63) is 41.6 Å². The van der Waals surface area contributed by atoms with Crippen LogP contribution in [0.1, 0.15) is 37.1 Å². The van der Waals surface area contributed by atoms with E-state index in [-0.39, 0.29) is 11.5 Å². The number of carbonyl (C=O) groups is 1. The van der Waals surface area contributed by atoms with E-state index in [1.54, 1.807) is 7.11 Å². The van der Waals surface area contributed by atoms with Crippen LogP contribution < -0.4 is 4.74 Å². The number of aromatic nitrogens is 1. The summed E-state index contributed by atoms with van der Waals surface area (Å²) in [4.78, 5) is 15.4. The van der Waals surface area contributed by atoms with Crippen LogP contribution in [-0.2, 0) is 21.7 Å². The van der Waals surface area contributed by atoms with Gasteiger partial charge >= 0.3 is 5.97 Å². The minimum Gasteiger partial charge on any atom is -0.497 e. The average Bonchev–Trinajstić information content (AvgIpc) is 3.07. The van der Waals surface area contributed by atoms with E-state index in [9.17, 15) is 9.90 Å². The van der Waals surface area contributed by atoms with Gasteiger partial charge in [0.1, 0.15) is 5.75 Å². The first-order valence-corrected chi connectivity index (χ1v) is 9.93. The third-order valence-corrected chi connectivity index (χ3v) is 7.04. The topological polar surface area (TPSA) is 63.9 Å². The van der Waals surface area contributed by atoms with Crippen molar-refractivity contribution in [1.29, 1.82) is 0 Å². The lowest BCUT2D eigenvalue weighted by Crippen LogP contribution is -2.58. The van der Waals surface area contributed by atoms with Gasteiger partial charge in [0.05, 0.1) is 25.8 Å². The highest BCUT2D eigenvalue weighted by Crippen LogP contribution is 2.59. The summed E-state index contributed by atoms with van der Waals surface area (Å²) < 4.78 is 12.4. The highest BCUT2D eigenvalue weighted by Gasteiger charge is 2.59. The second kappa shape index (κ2) is 5.84. The summed E-state index contributed by atoms with van der Waals surface area (Å²) in [5.74, 6) is 0.0935. The molecule has 28 heavy (non-hydrogen) atoms. The maximum atomic E-state index is 12.9. The highest BCUT2D eigenvalue weighted by atomic mass is 16.5. The Morgan fingerprint density at radius 1 is 1.36 bits per heavy atom. The zero-order chi connectivity index (χ0) is 19.7. The fourth-order valence-corrected chi connectivity index (χ4v) is 5.79. The summed E-state index contributed by atoms with van der Waals surface area (Å²) in [5, 5.41) is 12.9. The summed E-state index contributed by atoms with van der Waals surface area (Å²) in [6.07, 6.45) is 6.44. The molecule has 0 fully saturated rings. The molecule has 0 amide bonds. The molecule has 148 valence electrons. The summed E-state index contributed by atoms with van der Waals surface area (Å²) in [5.41, 5.74) is 1.07. The number of fused-ring (bicyclic) bond motifs is 3. The smallest absolute Gasteiger partial charge is 0.359 e. The van der Waals surface area contributed by atoms with Crippen molar-refractivity contribution in [1.82, 2.24) is 9.47 Å². The van der Waals surface area contributed by atoms with Gasteiger partial charge in [0.2, 0.25) is 5.72 Å². The van der Waals surface area contributed by atoms with Gasteiger partial charge in [-0.3, -0.25) is 4.90 Å². The third kappa shape index (κ3) is 2.02. The molecule has 3 atom stereocenters. The van der Waals surface area contributed by atoms with E-state index in [1.807, 2.05) is 16.7 Å². The van der Waals surface area contributed by atoms with Crippen LogP contribution in [-0.4, -0.2) is 47.9 Å². The molecule has 6 nitrogen and oxygen atoms in total. The molecule has 5 rings (SSSR count). The largest absolute Gasteiger partial charge is 0.497 e. The number of esters is 1. The summed E-state index contributed by atoms with van der Waals surface area (Å²) in [6.45, 7) is 4.01. The van der Waals surface area contributed by atoms with E-state index in [4.69, 9.17) is 9.47 Å². The van der Waals surface area contributed by atoms with E-state index >= 15 is 0 Å². The Balaban J connectivity index is 1.91. The van der Waals surface area contributed by atoms with Gasteiger partial charge in [-0.1, -0.05) is 19.1 Å². The maximum absolute atomic E-state index is 12.9. The predicted octanol–water partition coefficient (Wildman–Crippen LogP) is 2.74. The Kier molecular flexibility index (Phi) is 3.71. The second-order valence-electron chi connectivity index (χ2n) is 8.20. The SMILES string of the molecule is CC[C@@]12C=CCN3CCc4c(n(c5cc(OC)ccc45)[C@@](O)(C(=O)OC)C1)[C@H]32. The minimum atomic E-state index is -1.75. The van der Waals surface area contributed by atoms with Crippen molar-refractivity contribution in [2.75, 3.05) is 27.3 Å². The Labute approximate surface area is 164 Å². The molecular weight excluding hydrogens is 356 g/mol. The molecule has 1 aromatic heterocycles. The number of hydrogen-bond donors (Lipinski definition) is 1. The summed E-state index contributed by atoms with van der Waals surface area (Å²) in [7, 11) is 2.97. The molecule has 0 spiro atoms. The molecule has 1 N–H and O–H groups in total. The van der Waals surface area contributed by atoms with Crippen molar-refractivity contribution < 1.29 is 19.4 Å². The molecule has 0 unspecified atom stereocenters. The van der Waals surface area contributed by atoms with E-state index in [2.05, 4.69) is 30.0 Å². The second-order valence-corrected chi connectivity index (χ2v) is 8.20. The molecule has 0 saturated carbocycles. The highest BCUT2D eigenvalue weighted by molar-refractivity contribution is 5.91. The molecule has 6 heteroatoms. The molecule has 2 aromatic rings. The standard InChI is InChI=1S/C22H26N2O4/c1-4-21-9-5-10-23-11-8-16-15-7-6-14(27-2)12-17(15)24(18(16)19(21)23)22(26,13-21)20(25)28-3/h5-7,9,12,19,26H,4,8,10-11,13H2,1-3H3/t19-,21+,22-/m0/s1. The first-order chi connectivity index (χ1) is 13.5. The number of rotatable bonds is 3. The summed E-state index contributed by atoms with van der Waals surface area (Å²) in [6, 6.07) is 6.06. The van der Waals surface area contributed by atoms with Crippen LogP contribution in [0.4, 0.5) is 0 Å². The zero-order valence-electron chi connectivity index (χ0n) is 16.6. The Morgan fingerprint density at radius 2 is 2.18 bits per heavy atom. The summed E-state index contributed by atoms with van der Waals surface area (Å²) >= 11 is 0. The average molecular weight is 382 g/mol. The fourth-order valence-electron chi connectivity index (χ4n) is 5.79. The van der Waals surface area contributed by atoms with Crippen molar-refractivity contribution in [3.8, 4) is 5.75 Å². The van der Waals surface area contributed by atoms with Crippen molar-refractivity contribution in [2.24, 2.45) is 5.41 Å². The van der Waals surface area contributed by atoms with Gasteiger partial charge in [-0.2, -0.15) is 0 Å². The van der Waals surface area contributed by atoms with Crippen LogP contribution in [0.25, 0.3) is 10.9 Å². The lowest BCUT2D eigenvalue weighted by molar-refractivity contribution is -0.187. The van der Waals surface area contributed by atoms with E-state index in [1.165, 1.54) is 12.7 Å². The third-order valence-electron chi connectivity index (χ3n) is 7.04. The van der Waals surface area contributed by atoms with Gasteiger partial charge in [-0.05, 0) is 30.5 Å². The van der Waals surface area contributed by atoms with Gasteiger partial charge < -0.3 is 19.1 Å². The molecule has 3 aliphatic rings. The molecule has 1 aromatic carbocycles. The fraction of sp³-hybridized carbons (Fsp3) is 0.500. The first-order valence-electron chi connectivity index (χ1n) is 9.93. The number of benzene rings is 1. The van der Waals surface area contributed by atoms with Crippen molar-refractivity contribution in [2.45, 2.75) is 38.0 Å². The lowest BCUT2D eigenvalue weighted by atomic mass is 9.64. The Hall–Kier alpha value is -2.31. The van der Waals surface area contributed by atoms with Crippen LogP contribution in [0, 0.1) is 5.41 Å². The van der Waals surface area contributed by atoms with E-state index in [0.29, 0.717) is 12.2 Å². The Morgan fingerprint density at radius 3 is 2.89 bits per heavy atom. The molecule has 3 aliphatic heterocycles. The molecule has 0 aliphatic carbocycles. The zero-order valence-corrected chi connectivity index (χ0v) is 16.6.